The first-order valence-electron chi connectivity index (χ1n) is 8.78. The second-order valence-electron chi connectivity index (χ2n) is 5.98. The number of aromatic hydroxyl groups is 2. The predicted octanol–water partition coefficient (Wildman–Crippen LogP) is 2.94. The van der Waals surface area contributed by atoms with Gasteiger partial charge in [0.05, 0.1) is 14.2 Å². The Morgan fingerprint density at radius 1 is 1.14 bits per heavy atom. The molecule has 29 heavy (non-hydrogen) atoms. The molecule has 0 radical (unpaired) electrons. The van der Waals surface area contributed by atoms with Crippen LogP contribution in [-0.4, -0.2) is 36.9 Å². The molecule has 0 aliphatic carbocycles. The molecule has 0 spiro atoms. The number of nitrogens with zero attached hydrogens (tertiary/aromatic N) is 1. The van der Waals surface area contributed by atoms with Gasteiger partial charge in [-0.1, -0.05) is 18.2 Å². The van der Waals surface area contributed by atoms with E-state index >= 15 is 0 Å². The lowest BCUT2D eigenvalue weighted by atomic mass is 10.1. The number of allylic oxidation sites excluding steroid dienone is 2. The normalized spacial score (nSPS) is 11.1. The topological polar surface area (TPSA) is 112 Å². The van der Waals surface area contributed by atoms with Crippen LogP contribution < -0.4 is 14.8 Å². The smallest absolute Gasteiger partial charge is 0.261 e. The Labute approximate surface area is 169 Å². The van der Waals surface area contributed by atoms with Crippen LogP contribution in [0.3, 0.4) is 0 Å². The summed E-state index contributed by atoms with van der Waals surface area (Å²) >= 11 is 0. The van der Waals surface area contributed by atoms with E-state index in [-0.39, 0.29) is 17.1 Å². The van der Waals surface area contributed by atoms with Crippen molar-refractivity contribution >= 4 is 12.0 Å². The summed E-state index contributed by atoms with van der Waals surface area (Å²) in [4.78, 5) is 12.2. The Hall–Kier alpha value is -3.92. The van der Waals surface area contributed by atoms with E-state index in [1.165, 1.54) is 24.3 Å². The molecule has 0 unspecified atom stereocenters. The first kappa shape index (κ1) is 21.4. The monoisotopic (exact) mass is 394 g/mol. The van der Waals surface area contributed by atoms with E-state index in [4.69, 9.17) is 9.47 Å². The summed E-state index contributed by atoms with van der Waals surface area (Å²) in [7, 11) is 3.14. The van der Waals surface area contributed by atoms with Gasteiger partial charge in [-0.05, 0) is 54.0 Å². The lowest BCUT2D eigenvalue weighted by molar-refractivity contribution is -0.117. The summed E-state index contributed by atoms with van der Waals surface area (Å²) in [6, 6.07) is 11.6. The molecule has 7 heteroatoms. The number of hydrogen-bond donors (Lipinski definition) is 3. The van der Waals surface area contributed by atoms with Crippen molar-refractivity contribution in [2.24, 2.45) is 0 Å². The van der Waals surface area contributed by atoms with Gasteiger partial charge in [0.25, 0.3) is 5.91 Å². The first-order chi connectivity index (χ1) is 14.0. The molecule has 2 aromatic carbocycles. The van der Waals surface area contributed by atoms with Crippen molar-refractivity contribution in [3.8, 4) is 29.1 Å². The van der Waals surface area contributed by atoms with Crippen molar-refractivity contribution in [1.29, 1.82) is 5.26 Å². The van der Waals surface area contributed by atoms with Crippen LogP contribution in [0.4, 0.5) is 0 Å². The number of rotatable bonds is 8. The van der Waals surface area contributed by atoms with Crippen molar-refractivity contribution in [2.45, 2.75) is 6.42 Å². The number of phenolic OH excluding ortho intramolecular Hbond substituents is 2. The number of carbonyl (C=O) groups excluding carboxylic acids is 1. The minimum Gasteiger partial charge on any atom is -0.504 e. The summed E-state index contributed by atoms with van der Waals surface area (Å²) in [5.74, 6) is 0.420. The number of phenols is 2. The third-order valence-corrected chi connectivity index (χ3v) is 4.08. The second-order valence-corrected chi connectivity index (χ2v) is 5.98. The van der Waals surface area contributed by atoms with E-state index in [9.17, 15) is 20.3 Å². The van der Waals surface area contributed by atoms with Crippen molar-refractivity contribution in [3.05, 3.63) is 65.3 Å². The van der Waals surface area contributed by atoms with Crippen molar-refractivity contribution < 1.29 is 24.5 Å². The first-order valence-corrected chi connectivity index (χ1v) is 8.78. The second kappa shape index (κ2) is 10.4. The van der Waals surface area contributed by atoms with Gasteiger partial charge in [0, 0.05) is 6.54 Å². The van der Waals surface area contributed by atoms with E-state index in [0.29, 0.717) is 30.0 Å². The number of benzene rings is 2. The van der Waals surface area contributed by atoms with Gasteiger partial charge in [0.2, 0.25) is 0 Å². The highest BCUT2D eigenvalue weighted by molar-refractivity contribution is 5.97. The molecular formula is C22H22N2O5. The zero-order chi connectivity index (χ0) is 21.2. The predicted molar refractivity (Wildman–Crippen MR) is 109 cm³/mol. The van der Waals surface area contributed by atoms with Gasteiger partial charge in [-0.15, -0.1) is 0 Å². The summed E-state index contributed by atoms with van der Waals surface area (Å²) in [6.07, 6.45) is 5.01. The summed E-state index contributed by atoms with van der Waals surface area (Å²) in [5, 5.41) is 30.7. The van der Waals surface area contributed by atoms with Gasteiger partial charge in [0.15, 0.2) is 11.5 Å². The number of nitrogens with one attached hydrogen (secondary N) is 1. The van der Waals surface area contributed by atoms with Gasteiger partial charge in [-0.2, -0.15) is 5.26 Å². The summed E-state index contributed by atoms with van der Waals surface area (Å²) < 4.78 is 10.5. The van der Waals surface area contributed by atoms with Crippen LogP contribution in [-0.2, 0) is 11.2 Å². The number of hydrogen-bond acceptors (Lipinski definition) is 6. The number of nitriles is 1. The van der Waals surface area contributed by atoms with Gasteiger partial charge < -0.3 is 25.0 Å². The molecule has 150 valence electrons. The number of ether oxygens (including phenoxy) is 2. The molecule has 0 saturated heterocycles. The quantitative estimate of drug-likeness (QED) is 0.275. The molecule has 0 aliphatic heterocycles. The van der Waals surface area contributed by atoms with Crippen LogP contribution in [0.15, 0.2) is 54.1 Å². The molecule has 0 saturated carbocycles. The molecule has 0 fully saturated rings. The maximum Gasteiger partial charge on any atom is 0.261 e. The van der Waals surface area contributed by atoms with Crippen molar-refractivity contribution in [3.63, 3.8) is 0 Å². The largest absolute Gasteiger partial charge is 0.504 e. The molecule has 1 amide bonds. The standard InChI is InChI=1S/C22H22N2O5/c1-28-18-7-9-21(29-2)16(13-18)10-11-24-22(27)17(14-23)5-3-4-15-6-8-19(25)20(26)12-15/h3-9,12-13,25-26H,10-11H2,1-2H3,(H,24,27)/b4-3+,17-5+. The van der Waals surface area contributed by atoms with Crippen LogP contribution in [0.2, 0.25) is 0 Å². The highest BCUT2D eigenvalue weighted by Gasteiger charge is 2.09. The Balaban J connectivity index is 1.98. The number of amides is 1. The molecule has 0 aromatic heterocycles. The third kappa shape index (κ3) is 6.04. The zero-order valence-corrected chi connectivity index (χ0v) is 16.2. The SMILES string of the molecule is COc1ccc(OC)c(CCNC(=O)/C(C#N)=C/C=C/c2ccc(O)c(O)c2)c1. The van der Waals surface area contributed by atoms with E-state index in [1.54, 1.807) is 38.5 Å². The minimum atomic E-state index is -0.493. The fourth-order valence-corrected chi connectivity index (χ4v) is 2.55. The molecule has 0 bridgehead atoms. The van der Waals surface area contributed by atoms with Crippen molar-refractivity contribution in [1.82, 2.24) is 5.32 Å². The van der Waals surface area contributed by atoms with Crippen LogP contribution >= 0.6 is 0 Å². The van der Waals surface area contributed by atoms with Crippen LogP contribution in [0, 0.1) is 11.3 Å². The van der Waals surface area contributed by atoms with Gasteiger partial charge in [-0.25, -0.2) is 0 Å². The van der Waals surface area contributed by atoms with E-state index in [0.717, 1.165) is 5.56 Å². The Morgan fingerprint density at radius 3 is 2.59 bits per heavy atom. The molecule has 3 N–H and O–H groups in total. The molecule has 0 heterocycles. The highest BCUT2D eigenvalue weighted by atomic mass is 16.5. The van der Waals surface area contributed by atoms with Gasteiger partial charge in [0.1, 0.15) is 23.1 Å². The van der Waals surface area contributed by atoms with Gasteiger partial charge >= 0.3 is 0 Å². The lowest BCUT2D eigenvalue weighted by Gasteiger charge is -2.11. The summed E-state index contributed by atoms with van der Waals surface area (Å²) in [6.45, 7) is 0.316. The molecule has 2 rings (SSSR count). The fraction of sp³-hybridized carbons (Fsp3) is 0.182. The van der Waals surface area contributed by atoms with Crippen LogP contribution in [0.5, 0.6) is 23.0 Å². The fourth-order valence-electron chi connectivity index (χ4n) is 2.55. The number of methoxy groups -OCH3 is 2. The summed E-state index contributed by atoms with van der Waals surface area (Å²) in [5.41, 5.74) is 1.43. The number of carbonyl (C=O) groups is 1. The molecular weight excluding hydrogens is 372 g/mol. The Bertz CT molecular complexity index is 974. The van der Waals surface area contributed by atoms with Crippen LogP contribution in [0.25, 0.3) is 6.08 Å². The highest BCUT2D eigenvalue weighted by Crippen LogP contribution is 2.25. The lowest BCUT2D eigenvalue weighted by Crippen LogP contribution is -2.26. The van der Waals surface area contributed by atoms with Gasteiger partial charge in [-0.3, -0.25) is 4.79 Å². The van der Waals surface area contributed by atoms with Crippen molar-refractivity contribution in [2.75, 3.05) is 20.8 Å². The molecule has 2 aromatic rings. The van der Waals surface area contributed by atoms with Crippen LogP contribution in [0.1, 0.15) is 11.1 Å². The Morgan fingerprint density at radius 2 is 1.93 bits per heavy atom. The van der Waals surface area contributed by atoms with E-state index in [1.807, 2.05) is 12.1 Å². The molecule has 0 atom stereocenters. The molecule has 7 nitrogen and oxygen atoms in total. The third-order valence-electron chi connectivity index (χ3n) is 4.08. The average Bonchev–Trinajstić information content (AvgIpc) is 2.73. The Kier molecular flexibility index (Phi) is 7.68. The zero-order valence-electron chi connectivity index (χ0n) is 16.2. The molecule has 0 aliphatic rings. The average molecular weight is 394 g/mol. The maximum atomic E-state index is 12.2. The minimum absolute atomic E-state index is 0.0538. The maximum absolute atomic E-state index is 12.2. The van der Waals surface area contributed by atoms with E-state index < -0.39 is 5.91 Å². The van der Waals surface area contributed by atoms with E-state index in [2.05, 4.69) is 5.32 Å².